The van der Waals surface area contributed by atoms with Crippen molar-refractivity contribution in [2.75, 3.05) is 6.54 Å². The van der Waals surface area contributed by atoms with E-state index < -0.39 is 0 Å². The summed E-state index contributed by atoms with van der Waals surface area (Å²) in [6.07, 6.45) is 0. The third-order valence-corrected chi connectivity index (χ3v) is 4.24. The van der Waals surface area contributed by atoms with E-state index in [9.17, 15) is 9.59 Å². The number of hydrogen-bond acceptors (Lipinski definition) is 3. The summed E-state index contributed by atoms with van der Waals surface area (Å²) in [4.78, 5) is 26.4. The molecule has 0 saturated heterocycles. The molecule has 2 amide bonds. The zero-order valence-electron chi connectivity index (χ0n) is 13.2. The van der Waals surface area contributed by atoms with Crippen molar-refractivity contribution in [1.29, 1.82) is 0 Å². The van der Waals surface area contributed by atoms with Crippen LogP contribution in [0.5, 0.6) is 11.5 Å². The first-order valence-electron chi connectivity index (χ1n) is 7.85. The number of amides is 2. The van der Waals surface area contributed by atoms with Crippen molar-refractivity contribution in [2.24, 2.45) is 0 Å². The van der Waals surface area contributed by atoms with Gasteiger partial charge in [-0.1, -0.05) is 30.3 Å². The monoisotopic (exact) mass is 317 g/mol. The van der Waals surface area contributed by atoms with Crippen LogP contribution in [0.4, 0.5) is 0 Å². The van der Waals surface area contributed by atoms with E-state index >= 15 is 0 Å². The van der Waals surface area contributed by atoms with Crippen LogP contribution in [0.3, 0.4) is 0 Å². The van der Waals surface area contributed by atoms with Gasteiger partial charge < -0.3 is 4.74 Å². The first-order valence-corrected chi connectivity index (χ1v) is 7.85. The molecule has 0 spiro atoms. The Balaban J connectivity index is 1.92. The second-order valence-corrected chi connectivity index (χ2v) is 5.61. The Kier molecular flexibility index (Phi) is 3.31. The molecule has 0 N–H and O–H groups in total. The van der Waals surface area contributed by atoms with E-state index in [1.54, 1.807) is 25.1 Å². The number of carbonyl (C=O) groups is 2. The summed E-state index contributed by atoms with van der Waals surface area (Å²) in [5.41, 5.74) is 1.09. The summed E-state index contributed by atoms with van der Waals surface area (Å²) in [6, 6.07) is 18.4. The van der Waals surface area contributed by atoms with Crippen LogP contribution in [0.1, 0.15) is 27.6 Å². The van der Waals surface area contributed by atoms with Gasteiger partial charge in [0.05, 0.1) is 0 Å². The number of benzene rings is 3. The van der Waals surface area contributed by atoms with Gasteiger partial charge in [-0.2, -0.15) is 0 Å². The van der Waals surface area contributed by atoms with E-state index in [2.05, 4.69) is 0 Å². The number of ether oxygens (including phenoxy) is 1. The van der Waals surface area contributed by atoms with Crippen LogP contribution in [-0.2, 0) is 0 Å². The highest BCUT2D eigenvalue weighted by Crippen LogP contribution is 2.37. The Labute approximate surface area is 139 Å². The van der Waals surface area contributed by atoms with Crippen LogP contribution in [-0.4, -0.2) is 23.3 Å². The third-order valence-electron chi connectivity index (χ3n) is 4.24. The summed E-state index contributed by atoms with van der Waals surface area (Å²) in [6.45, 7) is 2.16. The maximum Gasteiger partial charge on any atom is 0.261 e. The molecule has 3 aromatic rings. The Morgan fingerprint density at radius 3 is 2.25 bits per heavy atom. The molecular weight excluding hydrogens is 302 g/mol. The number of nitrogens with zero attached hydrogens (tertiary/aromatic N) is 1. The quantitative estimate of drug-likeness (QED) is 0.679. The molecule has 0 aromatic heterocycles. The third kappa shape index (κ3) is 2.07. The highest BCUT2D eigenvalue weighted by atomic mass is 16.5. The Morgan fingerprint density at radius 2 is 1.54 bits per heavy atom. The molecule has 24 heavy (non-hydrogen) atoms. The van der Waals surface area contributed by atoms with Crippen molar-refractivity contribution < 1.29 is 14.3 Å². The number of carbonyl (C=O) groups excluding carboxylic acids is 2. The smallest absolute Gasteiger partial charge is 0.261 e. The number of para-hydroxylation sites is 1. The second-order valence-electron chi connectivity index (χ2n) is 5.61. The molecule has 0 radical (unpaired) electrons. The second kappa shape index (κ2) is 5.49. The van der Waals surface area contributed by atoms with E-state index in [4.69, 9.17) is 4.74 Å². The highest BCUT2D eigenvalue weighted by Gasteiger charge is 2.32. The normalized spacial score (nSPS) is 13.5. The Morgan fingerprint density at radius 1 is 0.833 bits per heavy atom. The van der Waals surface area contributed by atoms with Crippen LogP contribution >= 0.6 is 0 Å². The van der Waals surface area contributed by atoms with Crippen LogP contribution in [0, 0.1) is 0 Å². The molecule has 0 bridgehead atoms. The van der Waals surface area contributed by atoms with Gasteiger partial charge in [0.1, 0.15) is 11.5 Å². The van der Waals surface area contributed by atoms with Crippen LogP contribution < -0.4 is 4.74 Å². The molecule has 0 saturated carbocycles. The van der Waals surface area contributed by atoms with Gasteiger partial charge in [0, 0.05) is 28.4 Å². The molecule has 0 fully saturated rings. The highest BCUT2D eigenvalue weighted by molar-refractivity contribution is 6.26. The first kappa shape index (κ1) is 14.5. The summed E-state index contributed by atoms with van der Waals surface area (Å²) in [5.74, 6) is 0.837. The minimum Gasteiger partial charge on any atom is -0.457 e. The lowest BCUT2D eigenvalue weighted by atomic mass is 9.93. The van der Waals surface area contributed by atoms with Gasteiger partial charge in [0.15, 0.2) is 0 Å². The van der Waals surface area contributed by atoms with Crippen LogP contribution in [0.25, 0.3) is 10.8 Å². The minimum absolute atomic E-state index is 0.252. The van der Waals surface area contributed by atoms with Crippen molar-refractivity contribution in [3.63, 3.8) is 0 Å². The van der Waals surface area contributed by atoms with E-state index in [0.717, 1.165) is 5.39 Å². The minimum atomic E-state index is -0.252. The average Bonchev–Trinajstić information content (AvgIpc) is 2.62. The maximum absolute atomic E-state index is 12.6. The fraction of sp³-hybridized carbons (Fsp3) is 0.100. The fourth-order valence-corrected chi connectivity index (χ4v) is 3.11. The zero-order chi connectivity index (χ0) is 16.7. The van der Waals surface area contributed by atoms with E-state index in [-0.39, 0.29) is 11.8 Å². The molecule has 0 unspecified atom stereocenters. The number of rotatable bonds is 3. The van der Waals surface area contributed by atoms with E-state index in [1.807, 2.05) is 42.5 Å². The lowest BCUT2D eigenvalue weighted by molar-refractivity contribution is 0.0619. The van der Waals surface area contributed by atoms with Crippen LogP contribution in [0.2, 0.25) is 0 Å². The average molecular weight is 317 g/mol. The van der Waals surface area contributed by atoms with Gasteiger partial charge in [0.25, 0.3) is 11.8 Å². The molecule has 1 heterocycles. The number of imide groups is 1. The zero-order valence-corrected chi connectivity index (χ0v) is 13.2. The first-order chi connectivity index (χ1) is 11.7. The molecule has 4 nitrogen and oxygen atoms in total. The molecule has 4 rings (SSSR count). The molecule has 118 valence electrons. The van der Waals surface area contributed by atoms with Crippen molar-refractivity contribution in [3.8, 4) is 11.5 Å². The Hall–Kier alpha value is -3.14. The van der Waals surface area contributed by atoms with Crippen molar-refractivity contribution >= 4 is 22.6 Å². The summed E-state index contributed by atoms with van der Waals surface area (Å²) >= 11 is 0. The van der Waals surface area contributed by atoms with E-state index in [0.29, 0.717) is 34.6 Å². The van der Waals surface area contributed by atoms with Crippen LogP contribution in [0.15, 0.2) is 60.7 Å². The van der Waals surface area contributed by atoms with Gasteiger partial charge in [-0.25, -0.2) is 0 Å². The van der Waals surface area contributed by atoms with Crippen molar-refractivity contribution in [3.05, 3.63) is 71.8 Å². The van der Waals surface area contributed by atoms with Crippen molar-refractivity contribution in [1.82, 2.24) is 4.90 Å². The molecule has 1 aliphatic heterocycles. The lowest BCUT2D eigenvalue weighted by Crippen LogP contribution is -2.40. The van der Waals surface area contributed by atoms with E-state index in [1.165, 1.54) is 4.90 Å². The summed E-state index contributed by atoms with van der Waals surface area (Å²) < 4.78 is 5.96. The van der Waals surface area contributed by atoms with Gasteiger partial charge in [-0.05, 0) is 37.3 Å². The SMILES string of the molecule is CCN1C(=O)c2cccc3c(Oc4ccccc4)ccc(c23)C1=O. The fourth-order valence-electron chi connectivity index (χ4n) is 3.11. The summed E-state index contributed by atoms with van der Waals surface area (Å²) in [7, 11) is 0. The molecular formula is C20H15NO3. The molecule has 4 heteroatoms. The van der Waals surface area contributed by atoms with Gasteiger partial charge in [-0.15, -0.1) is 0 Å². The standard InChI is InChI=1S/C20H15NO3/c1-2-21-19(22)15-10-6-9-14-17(24-13-7-4-3-5-8-13)12-11-16(18(14)15)20(21)23/h3-12H,2H2,1H3. The predicted octanol–water partition coefficient (Wildman–Crippen LogP) is 4.25. The predicted molar refractivity (Wildman–Crippen MR) is 91.5 cm³/mol. The topological polar surface area (TPSA) is 46.6 Å². The lowest BCUT2D eigenvalue weighted by Gasteiger charge is -2.26. The molecule has 0 atom stereocenters. The van der Waals surface area contributed by atoms with Gasteiger partial charge in [-0.3, -0.25) is 14.5 Å². The van der Waals surface area contributed by atoms with Crippen molar-refractivity contribution in [2.45, 2.75) is 6.92 Å². The molecule has 3 aromatic carbocycles. The number of hydrogen-bond donors (Lipinski definition) is 0. The maximum atomic E-state index is 12.6. The molecule has 1 aliphatic rings. The van der Waals surface area contributed by atoms with Gasteiger partial charge in [0.2, 0.25) is 0 Å². The molecule has 0 aliphatic carbocycles. The largest absolute Gasteiger partial charge is 0.457 e. The van der Waals surface area contributed by atoms with Gasteiger partial charge >= 0.3 is 0 Å². The summed E-state index contributed by atoms with van der Waals surface area (Å²) in [5, 5.41) is 1.44. The Bertz CT molecular complexity index is 941.